The quantitative estimate of drug-likeness (QED) is 0.0616. The first-order valence-corrected chi connectivity index (χ1v) is 22.4. The van der Waals surface area contributed by atoms with Crippen molar-refractivity contribution >= 4 is 59.5 Å². The number of piperidine rings is 1. The van der Waals surface area contributed by atoms with Crippen molar-refractivity contribution in [2.45, 2.75) is 69.4 Å². The zero-order chi connectivity index (χ0) is 47.4. The minimum Gasteiger partial charge on any atom is -0.478 e. The summed E-state index contributed by atoms with van der Waals surface area (Å²) in [4.78, 5) is 63.0. The van der Waals surface area contributed by atoms with Crippen molar-refractivity contribution in [2.75, 3.05) is 40.9 Å². The van der Waals surface area contributed by atoms with Crippen molar-refractivity contribution in [3.8, 4) is 22.8 Å². The van der Waals surface area contributed by atoms with Crippen LogP contribution in [0.3, 0.4) is 0 Å². The van der Waals surface area contributed by atoms with Gasteiger partial charge in [-0.15, -0.1) is 12.4 Å². The summed E-state index contributed by atoms with van der Waals surface area (Å²) in [7, 11) is 7.34. The Morgan fingerprint density at radius 3 is 2.27 bits per heavy atom. The van der Waals surface area contributed by atoms with Gasteiger partial charge in [0.2, 0.25) is 17.9 Å². The molecule has 0 unspecified atom stereocenters. The number of imidazole rings is 1. The van der Waals surface area contributed by atoms with Crippen LogP contribution >= 0.6 is 35.6 Å². The summed E-state index contributed by atoms with van der Waals surface area (Å²) in [5.74, 6) is -0.921. The van der Waals surface area contributed by atoms with E-state index < -0.39 is 47.6 Å². The molecule has 0 aliphatic carbocycles. The second-order valence-electron chi connectivity index (χ2n) is 16.8. The van der Waals surface area contributed by atoms with E-state index in [1.165, 1.54) is 14.0 Å². The maximum absolute atomic E-state index is 14.3. The zero-order valence-corrected chi connectivity index (χ0v) is 40.5. The minimum atomic E-state index is -1.59. The topological polar surface area (TPSA) is 177 Å². The molecule has 1 aliphatic rings. The van der Waals surface area contributed by atoms with Crippen molar-refractivity contribution < 1.29 is 38.5 Å². The number of nitrogens with zero attached hydrogens (tertiary/aromatic N) is 4. The molecule has 4 N–H and O–H groups in total. The lowest BCUT2D eigenvalue weighted by Crippen LogP contribution is -2.63. The molecule has 4 aromatic carbocycles. The second-order valence-corrected chi connectivity index (χ2v) is 17.7. The molecule has 6 rings (SSSR count). The Kier molecular flexibility index (Phi) is 19.0. The average Bonchev–Trinajstić information content (AvgIpc) is 3.65. The van der Waals surface area contributed by atoms with E-state index in [0.29, 0.717) is 52.9 Å². The Morgan fingerprint density at radius 1 is 0.925 bits per heavy atom. The number of hydrogen-bond donors (Lipinski definition) is 4. The van der Waals surface area contributed by atoms with Gasteiger partial charge < -0.3 is 44.7 Å². The highest BCUT2D eigenvalue weighted by Gasteiger charge is 2.38. The first-order valence-electron chi connectivity index (χ1n) is 21.7. The fraction of sp³-hybridized carbons (Fsp3) is 0.367. The van der Waals surface area contributed by atoms with Crippen LogP contribution in [0, 0.1) is 0 Å². The third-order valence-electron chi connectivity index (χ3n) is 11.4. The van der Waals surface area contributed by atoms with Crippen LogP contribution in [0.25, 0.3) is 11.3 Å². The van der Waals surface area contributed by atoms with E-state index in [0.717, 1.165) is 40.5 Å². The number of benzene rings is 4. The number of nitrogens with one attached hydrogen (secondary N) is 3. The van der Waals surface area contributed by atoms with Crippen molar-refractivity contribution in [2.24, 2.45) is 7.05 Å². The summed E-state index contributed by atoms with van der Waals surface area (Å²) >= 11 is 12.7. The SMILES string of the molecule is COC[C@H](NC(=O)[C@H](C)N(Cc1ccc(Cl)cc1Oc1ccc(-c2cnc(CN(C)C)n2C)cc1)C(=O)O[C@@H](Cc1ccccc1)C(=O)O)C(=O)N[C@@]1(Cc2ccc(Cl)cc2)CCCNC1.Cl. The lowest BCUT2D eigenvalue weighted by atomic mass is 9.83. The Bertz CT molecular complexity index is 2430. The Balaban J connectivity index is 0.00000840. The summed E-state index contributed by atoms with van der Waals surface area (Å²) in [6, 6.07) is 26.0. The van der Waals surface area contributed by atoms with Gasteiger partial charge in [0.25, 0.3) is 0 Å². The molecule has 4 atom stereocenters. The number of rotatable bonds is 20. The number of halogens is 3. The van der Waals surface area contributed by atoms with Crippen LogP contribution in [0.4, 0.5) is 4.79 Å². The van der Waals surface area contributed by atoms with Crippen LogP contribution in [0.15, 0.2) is 103 Å². The molecule has 1 aliphatic heterocycles. The predicted octanol–water partition coefficient (Wildman–Crippen LogP) is 7.30. The standard InChI is InChI=1S/C49H57Cl2N7O8.ClH/c1-32(45(59)54-40(30-64-5)46(60)55-49(22-9-23-52-31-49)26-34-12-17-37(50)18-13-34)58(48(63)66-43(47(61)62)24-33-10-7-6-8-11-33)28-36-14-19-38(51)25-42(36)65-39-20-15-35(16-21-39)41-27-53-44(57(41)4)29-56(2)3;/h6-8,10-21,25,27,32,40,43,52H,9,22-24,26,28-31H2,1-5H3,(H,54,59)(H,55,60)(H,61,62);1H/t32-,40-,43-,49+;/m0./s1. The molecule has 67 heavy (non-hydrogen) atoms. The van der Waals surface area contributed by atoms with Crippen LogP contribution in [0.5, 0.6) is 11.5 Å². The number of carboxylic acid groups (broad SMARTS) is 1. The molecule has 0 spiro atoms. The monoisotopic (exact) mass is 977 g/mol. The first-order chi connectivity index (χ1) is 31.6. The lowest BCUT2D eigenvalue weighted by molar-refractivity contribution is -0.147. The molecule has 358 valence electrons. The van der Waals surface area contributed by atoms with Gasteiger partial charge in [-0.25, -0.2) is 14.6 Å². The third-order valence-corrected chi connectivity index (χ3v) is 11.9. The van der Waals surface area contributed by atoms with Gasteiger partial charge in [0.1, 0.15) is 29.4 Å². The number of aromatic nitrogens is 2. The maximum atomic E-state index is 14.3. The molecule has 1 fully saturated rings. The number of carboxylic acids is 1. The van der Waals surface area contributed by atoms with Crippen LogP contribution in [-0.4, -0.2) is 113 Å². The fourth-order valence-corrected chi connectivity index (χ4v) is 8.14. The molecule has 1 saturated heterocycles. The fourth-order valence-electron chi connectivity index (χ4n) is 7.86. The van der Waals surface area contributed by atoms with E-state index in [9.17, 15) is 24.3 Å². The number of methoxy groups -OCH3 is 1. The van der Waals surface area contributed by atoms with Crippen molar-refractivity contribution in [3.05, 3.63) is 136 Å². The van der Waals surface area contributed by atoms with Crippen LogP contribution in [0.1, 0.15) is 42.3 Å². The summed E-state index contributed by atoms with van der Waals surface area (Å²) in [6.07, 6.45) is 1.03. The smallest absolute Gasteiger partial charge is 0.411 e. The van der Waals surface area contributed by atoms with Gasteiger partial charge in [0.05, 0.1) is 37.1 Å². The van der Waals surface area contributed by atoms with Crippen molar-refractivity contribution in [1.29, 1.82) is 0 Å². The van der Waals surface area contributed by atoms with Gasteiger partial charge >= 0.3 is 12.1 Å². The van der Waals surface area contributed by atoms with E-state index in [1.807, 2.05) is 61.1 Å². The Morgan fingerprint density at radius 2 is 1.63 bits per heavy atom. The summed E-state index contributed by atoms with van der Waals surface area (Å²) in [5, 5.41) is 20.5. The molecule has 1 aromatic heterocycles. The van der Waals surface area contributed by atoms with E-state index in [-0.39, 0.29) is 37.7 Å². The molecular formula is C49H58Cl3N7O8. The van der Waals surface area contributed by atoms with Gasteiger partial charge in [-0.05, 0) is 106 Å². The zero-order valence-electron chi connectivity index (χ0n) is 38.2. The van der Waals surface area contributed by atoms with Crippen LogP contribution in [0.2, 0.25) is 10.0 Å². The van der Waals surface area contributed by atoms with Gasteiger partial charge in [0.15, 0.2) is 0 Å². The first kappa shape index (κ1) is 52.3. The Labute approximate surface area is 407 Å². The largest absolute Gasteiger partial charge is 0.478 e. The van der Waals surface area contributed by atoms with Crippen LogP contribution < -0.4 is 20.7 Å². The van der Waals surface area contributed by atoms with Gasteiger partial charge in [0, 0.05) is 48.3 Å². The number of carbonyl (C=O) groups is 4. The molecule has 0 saturated carbocycles. The molecule has 18 heteroatoms. The van der Waals surface area contributed by atoms with Gasteiger partial charge in [-0.1, -0.05) is 71.7 Å². The molecule has 5 aromatic rings. The van der Waals surface area contributed by atoms with Crippen LogP contribution in [-0.2, 0) is 56.8 Å². The summed E-state index contributed by atoms with van der Waals surface area (Å²) < 4.78 is 19.5. The molecule has 0 bridgehead atoms. The van der Waals surface area contributed by atoms with Gasteiger partial charge in [-0.3, -0.25) is 14.5 Å². The molecule has 2 heterocycles. The van der Waals surface area contributed by atoms with Crippen molar-refractivity contribution in [3.63, 3.8) is 0 Å². The lowest BCUT2D eigenvalue weighted by Gasteiger charge is -2.40. The predicted molar refractivity (Wildman–Crippen MR) is 260 cm³/mol. The Hall–Kier alpha value is -5.68. The van der Waals surface area contributed by atoms with Gasteiger partial charge in [-0.2, -0.15) is 0 Å². The van der Waals surface area contributed by atoms with E-state index >= 15 is 0 Å². The van der Waals surface area contributed by atoms with E-state index in [4.69, 9.17) is 37.4 Å². The molecule has 0 radical (unpaired) electrons. The molecule has 3 amide bonds. The van der Waals surface area contributed by atoms with Crippen molar-refractivity contribution in [1.82, 2.24) is 35.3 Å². The number of carbonyl (C=O) groups excluding carboxylic acids is 3. The normalized spacial score (nSPS) is 15.9. The maximum Gasteiger partial charge on any atom is 0.411 e. The summed E-state index contributed by atoms with van der Waals surface area (Å²) in [5.41, 5.74) is 3.19. The van der Waals surface area contributed by atoms with E-state index in [2.05, 4.69) is 20.9 Å². The number of ether oxygens (including phenoxy) is 3. The molecule has 15 nitrogen and oxygen atoms in total. The molecular weight excluding hydrogens is 921 g/mol. The second kappa shape index (κ2) is 24.4. The third kappa shape index (κ3) is 14.4. The average molecular weight is 979 g/mol. The number of hydrogen-bond acceptors (Lipinski definition) is 10. The van der Waals surface area contributed by atoms with E-state index in [1.54, 1.807) is 72.8 Å². The highest BCUT2D eigenvalue weighted by molar-refractivity contribution is 6.31. The number of amides is 3. The summed E-state index contributed by atoms with van der Waals surface area (Å²) in [6.45, 7) is 2.98. The number of aliphatic carboxylic acids is 1. The highest BCUT2D eigenvalue weighted by Crippen LogP contribution is 2.32. The minimum absolute atomic E-state index is 0. The highest BCUT2D eigenvalue weighted by atomic mass is 35.5.